The number of rotatable bonds is 7. The zero-order chi connectivity index (χ0) is 16.9. The Balaban J connectivity index is 1.96. The van der Waals surface area contributed by atoms with Crippen LogP contribution in [0.3, 0.4) is 0 Å². The van der Waals surface area contributed by atoms with E-state index in [0.717, 1.165) is 0 Å². The molecule has 0 bridgehead atoms. The Hall–Kier alpha value is -2.39. The van der Waals surface area contributed by atoms with Crippen molar-refractivity contribution >= 4 is 16.0 Å². The average molecular weight is 340 g/mol. The first-order chi connectivity index (χ1) is 10.9. The highest BCUT2D eigenvalue weighted by molar-refractivity contribution is 7.89. The third-order valence-corrected chi connectivity index (χ3v) is 4.46. The zero-order valence-corrected chi connectivity index (χ0v) is 13.4. The molecule has 23 heavy (non-hydrogen) atoms. The molecule has 1 aromatic heterocycles. The minimum absolute atomic E-state index is 0.0215. The summed E-state index contributed by atoms with van der Waals surface area (Å²) in [4.78, 5) is 11.8. The summed E-state index contributed by atoms with van der Waals surface area (Å²) in [6.45, 7) is 1.28. The van der Waals surface area contributed by atoms with Crippen LogP contribution in [-0.4, -0.2) is 32.7 Å². The number of carbonyl (C=O) groups is 1. The van der Waals surface area contributed by atoms with Crippen LogP contribution in [0.4, 0.5) is 0 Å². The van der Waals surface area contributed by atoms with E-state index in [1.54, 1.807) is 6.07 Å². The molecule has 0 aliphatic rings. The van der Waals surface area contributed by atoms with Crippen molar-refractivity contribution in [2.45, 2.75) is 24.5 Å². The van der Waals surface area contributed by atoms with Crippen LogP contribution < -0.4 is 9.46 Å². The molecule has 1 N–H and O–H groups in total. The van der Waals surface area contributed by atoms with Crippen LogP contribution in [-0.2, 0) is 26.2 Å². The molecule has 1 heterocycles. The molecule has 0 fully saturated rings. The quantitative estimate of drug-likeness (QED) is 0.752. The lowest BCUT2D eigenvalue weighted by Crippen LogP contribution is -2.39. The van der Waals surface area contributed by atoms with E-state index >= 15 is 0 Å². The molecule has 1 aromatic carbocycles. The summed E-state index contributed by atoms with van der Waals surface area (Å²) in [5.41, 5.74) is 0. The lowest BCUT2D eigenvalue weighted by Gasteiger charge is -2.13. The fourth-order valence-corrected chi connectivity index (χ4v) is 2.88. The number of esters is 1. The number of hydrogen-bond acceptors (Lipinski definition) is 7. The van der Waals surface area contributed by atoms with Crippen molar-refractivity contribution in [2.75, 3.05) is 7.11 Å². The van der Waals surface area contributed by atoms with E-state index in [4.69, 9.17) is 14.0 Å². The largest absolute Gasteiger partial charge is 0.497 e. The van der Waals surface area contributed by atoms with Crippen LogP contribution in [0.15, 0.2) is 45.9 Å². The molecular formula is C14H16N2O6S. The van der Waals surface area contributed by atoms with Gasteiger partial charge in [-0.25, -0.2) is 8.42 Å². The Morgan fingerprint density at radius 1 is 1.30 bits per heavy atom. The molecule has 0 spiro atoms. The second kappa shape index (κ2) is 7.25. The number of benzene rings is 1. The predicted octanol–water partition coefficient (Wildman–Crippen LogP) is 1.09. The topological polar surface area (TPSA) is 108 Å². The SMILES string of the molecule is COc1ccc(S(=O)(=O)NC(C)C(=O)OCc2ccno2)cc1. The van der Waals surface area contributed by atoms with E-state index in [1.165, 1.54) is 44.5 Å². The first kappa shape index (κ1) is 17.0. The predicted molar refractivity (Wildman–Crippen MR) is 79.1 cm³/mol. The van der Waals surface area contributed by atoms with E-state index in [-0.39, 0.29) is 11.5 Å². The van der Waals surface area contributed by atoms with Crippen LogP contribution in [0.2, 0.25) is 0 Å². The molecule has 0 aliphatic carbocycles. The summed E-state index contributed by atoms with van der Waals surface area (Å²) < 4.78 is 41.3. The summed E-state index contributed by atoms with van der Waals surface area (Å²) in [6.07, 6.45) is 1.42. The monoisotopic (exact) mass is 340 g/mol. The van der Waals surface area contributed by atoms with Crippen LogP contribution in [0.1, 0.15) is 12.7 Å². The van der Waals surface area contributed by atoms with Crippen molar-refractivity contribution in [3.63, 3.8) is 0 Å². The van der Waals surface area contributed by atoms with Gasteiger partial charge in [0, 0.05) is 6.07 Å². The molecule has 1 unspecified atom stereocenters. The number of hydrogen-bond donors (Lipinski definition) is 1. The van der Waals surface area contributed by atoms with Crippen LogP contribution >= 0.6 is 0 Å². The number of nitrogens with zero attached hydrogens (tertiary/aromatic N) is 1. The van der Waals surface area contributed by atoms with E-state index < -0.39 is 22.0 Å². The normalized spacial score (nSPS) is 12.6. The van der Waals surface area contributed by atoms with Gasteiger partial charge in [-0.3, -0.25) is 4.79 Å². The van der Waals surface area contributed by atoms with Gasteiger partial charge in [-0.05, 0) is 31.2 Å². The summed E-state index contributed by atoms with van der Waals surface area (Å²) in [5, 5.41) is 3.47. The maximum atomic E-state index is 12.2. The molecule has 0 radical (unpaired) electrons. The van der Waals surface area contributed by atoms with Crippen LogP contribution in [0.25, 0.3) is 0 Å². The van der Waals surface area contributed by atoms with Gasteiger partial charge in [-0.15, -0.1) is 0 Å². The fraction of sp³-hybridized carbons (Fsp3) is 0.286. The van der Waals surface area contributed by atoms with Crippen molar-refractivity contribution in [3.8, 4) is 5.75 Å². The minimum Gasteiger partial charge on any atom is -0.497 e. The van der Waals surface area contributed by atoms with Crippen molar-refractivity contribution < 1.29 is 27.2 Å². The Morgan fingerprint density at radius 2 is 2.00 bits per heavy atom. The van der Waals surface area contributed by atoms with Gasteiger partial charge in [-0.2, -0.15) is 4.72 Å². The summed E-state index contributed by atoms with van der Waals surface area (Å²) in [7, 11) is -2.36. The molecule has 2 aromatic rings. The lowest BCUT2D eigenvalue weighted by atomic mass is 10.3. The van der Waals surface area contributed by atoms with E-state index in [0.29, 0.717) is 11.5 Å². The van der Waals surface area contributed by atoms with Gasteiger partial charge >= 0.3 is 5.97 Å². The number of methoxy groups -OCH3 is 1. The van der Waals surface area contributed by atoms with Gasteiger partial charge in [0.2, 0.25) is 10.0 Å². The summed E-state index contributed by atoms with van der Waals surface area (Å²) in [6, 6.07) is 6.29. The third-order valence-electron chi connectivity index (χ3n) is 2.90. The Kier molecular flexibility index (Phi) is 5.35. The molecule has 0 amide bonds. The minimum atomic E-state index is -3.84. The fourth-order valence-electron chi connectivity index (χ4n) is 1.69. The van der Waals surface area contributed by atoms with E-state index in [2.05, 4.69) is 9.88 Å². The molecule has 1 atom stereocenters. The van der Waals surface area contributed by atoms with Crippen LogP contribution in [0, 0.1) is 0 Å². The van der Waals surface area contributed by atoms with Gasteiger partial charge < -0.3 is 14.0 Å². The maximum absolute atomic E-state index is 12.2. The number of aromatic nitrogens is 1. The molecule has 8 nitrogen and oxygen atoms in total. The van der Waals surface area contributed by atoms with Crippen molar-refractivity contribution in [1.29, 1.82) is 0 Å². The first-order valence-corrected chi connectivity index (χ1v) is 8.13. The van der Waals surface area contributed by atoms with Crippen molar-refractivity contribution in [2.24, 2.45) is 0 Å². The number of carbonyl (C=O) groups excluding carboxylic acids is 1. The molecule has 0 saturated carbocycles. The molecule has 0 saturated heterocycles. The first-order valence-electron chi connectivity index (χ1n) is 6.65. The third kappa shape index (κ3) is 4.54. The molecule has 124 valence electrons. The smallest absolute Gasteiger partial charge is 0.324 e. The van der Waals surface area contributed by atoms with E-state index in [1.807, 2.05) is 0 Å². The van der Waals surface area contributed by atoms with E-state index in [9.17, 15) is 13.2 Å². The van der Waals surface area contributed by atoms with Gasteiger partial charge in [0.25, 0.3) is 0 Å². The highest BCUT2D eigenvalue weighted by Crippen LogP contribution is 2.15. The molecular weight excluding hydrogens is 324 g/mol. The maximum Gasteiger partial charge on any atom is 0.324 e. The van der Waals surface area contributed by atoms with Gasteiger partial charge in [0.15, 0.2) is 12.4 Å². The highest BCUT2D eigenvalue weighted by atomic mass is 32.2. The molecule has 2 rings (SSSR count). The van der Waals surface area contributed by atoms with Gasteiger partial charge in [-0.1, -0.05) is 5.16 Å². The Labute approximate surface area is 133 Å². The number of ether oxygens (including phenoxy) is 2. The lowest BCUT2D eigenvalue weighted by molar-refractivity contribution is -0.147. The van der Waals surface area contributed by atoms with Gasteiger partial charge in [0.1, 0.15) is 11.8 Å². The van der Waals surface area contributed by atoms with Gasteiger partial charge in [0.05, 0.1) is 18.2 Å². The number of sulfonamides is 1. The second-order valence-electron chi connectivity index (χ2n) is 4.60. The zero-order valence-electron chi connectivity index (χ0n) is 12.6. The average Bonchev–Trinajstić information content (AvgIpc) is 3.05. The summed E-state index contributed by atoms with van der Waals surface area (Å²) in [5.74, 6) is 0.172. The second-order valence-corrected chi connectivity index (χ2v) is 6.32. The highest BCUT2D eigenvalue weighted by Gasteiger charge is 2.23. The van der Waals surface area contributed by atoms with Crippen molar-refractivity contribution in [1.82, 2.24) is 9.88 Å². The van der Waals surface area contributed by atoms with Crippen LogP contribution in [0.5, 0.6) is 5.75 Å². The Morgan fingerprint density at radius 3 is 2.57 bits per heavy atom. The number of nitrogens with one attached hydrogen (secondary N) is 1. The van der Waals surface area contributed by atoms with Crippen molar-refractivity contribution in [3.05, 3.63) is 42.3 Å². The standard InChI is InChI=1S/C14H16N2O6S/c1-10(14(17)21-9-12-7-8-15-22-12)16-23(18,19)13-5-3-11(20-2)4-6-13/h3-8,10,16H,9H2,1-2H3. The molecule has 0 aliphatic heterocycles. The Bertz CT molecular complexity index is 740. The summed E-state index contributed by atoms with van der Waals surface area (Å²) >= 11 is 0. The molecule has 9 heteroatoms.